The van der Waals surface area contributed by atoms with E-state index in [1.54, 1.807) is 12.1 Å². The zero-order chi connectivity index (χ0) is 13.9. The Morgan fingerprint density at radius 2 is 1.95 bits per heavy atom. The van der Waals surface area contributed by atoms with Gasteiger partial charge in [0.15, 0.2) is 0 Å². The van der Waals surface area contributed by atoms with Gasteiger partial charge in [-0.25, -0.2) is 0 Å². The number of hydrogen-bond donors (Lipinski definition) is 1. The number of hydrogen-bond acceptors (Lipinski definition) is 3. The van der Waals surface area contributed by atoms with E-state index in [0.717, 1.165) is 5.69 Å². The van der Waals surface area contributed by atoms with Crippen LogP contribution in [-0.4, -0.2) is 4.92 Å². The number of benzene rings is 2. The van der Waals surface area contributed by atoms with E-state index in [-0.39, 0.29) is 10.6 Å². The molecule has 0 heterocycles. The maximum Gasteiger partial charge on any atom is 0.271 e. The zero-order valence-corrected chi connectivity index (χ0v) is 11.1. The van der Waals surface area contributed by atoms with Crippen molar-refractivity contribution < 1.29 is 4.92 Å². The molecule has 0 unspecified atom stereocenters. The van der Waals surface area contributed by atoms with Gasteiger partial charge >= 0.3 is 0 Å². The summed E-state index contributed by atoms with van der Waals surface area (Å²) < 4.78 is 0. The maximum absolute atomic E-state index is 10.7. The molecule has 0 bridgehead atoms. The van der Waals surface area contributed by atoms with Gasteiger partial charge in [-0.05, 0) is 42.0 Å². The third-order valence-corrected chi connectivity index (χ3v) is 3.72. The Morgan fingerprint density at radius 3 is 2.80 bits per heavy atom. The molecule has 102 valence electrons. The molecule has 0 saturated heterocycles. The highest BCUT2D eigenvalue weighted by Crippen LogP contribution is 2.23. The number of non-ortho nitro benzene ring substituents is 1. The molecule has 0 aromatic heterocycles. The molecule has 0 spiro atoms. The number of anilines is 1. The average Bonchev–Trinajstić information content (AvgIpc) is 2.93. The van der Waals surface area contributed by atoms with Crippen LogP contribution in [0.1, 0.15) is 23.1 Å². The minimum absolute atomic E-state index is 0.115. The summed E-state index contributed by atoms with van der Waals surface area (Å²) in [5.74, 6) is 0. The maximum atomic E-state index is 10.7. The summed E-state index contributed by atoms with van der Waals surface area (Å²) in [6.07, 6.45) is 3.60. The molecule has 4 nitrogen and oxygen atoms in total. The van der Waals surface area contributed by atoms with Crippen LogP contribution in [0, 0.1) is 10.1 Å². The first kappa shape index (κ1) is 12.7. The number of nitro groups is 1. The van der Waals surface area contributed by atoms with Gasteiger partial charge in [0.2, 0.25) is 0 Å². The Hall–Kier alpha value is -2.36. The molecular weight excluding hydrogens is 252 g/mol. The first-order chi connectivity index (χ1) is 9.72. The van der Waals surface area contributed by atoms with E-state index in [2.05, 4.69) is 23.5 Å². The number of nitrogens with one attached hydrogen (secondary N) is 1. The number of fused-ring (bicyclic) bond motifs is 1. The summed E-state index contributed by atoms with van der Waals surface area (Å²) in [4.78, 5) is 10.4. The zero-order valence-electron chi connectivity index (χ0n) is 11.1. The lowest BCUT2D eigenvalue weighted by molar-refractivity contribution is -0.384. The largest absolute Gasteiger partial charge is 0.381 e. The smallest absolute Gasteiger partial charge is 0.271 e. The molecule has 1 aliphatic rings. The molecule has 4 heteroatoms. The fourth-order valence-corrected chi connectivity index (χ4v) is 2.67. The quantitative estimate of drug-likeness (QED) is 0.679. The van der Waals surface area contributed by atoms with E-state index in [1.807, 2.05) is 6.07 Å². The van der Waals surface area contributed by atoms with Crippen molar-refractivity contribution in [2.24, 2.45) is 0 Å². The number of rotatable bonds is 4. The van der Waals surface area contributed by atoms with E-state index < -0.39 is 0 Å². The van der Waals surface area contributed by atoms with Crippen LogP contribution in [0.5, 0.6) is 0 Å². The normalized spacial score (nSPS) is 13.0. The summed E-state index contributed by atoms with van der Waals surface area (Å²) in [6, 6.07) is 13.2. The highest BCUT2D eigenvalue weighted by molar-refractivity contribution is 5.51. The molecule has 0 amide bonds. The Labute approximate surface area is 117 Å². The highest BCUT2D eigenvalue weighted by Gasteiger charge is 2.11. The molecule has 0 saturated carbocycles. The average molecular weight is 268 g/mol. The Bertz CT molecular complexity index is 653. The predicted molar refractivity (Wildman–Crippen MR) is 78.9 cm³/mol. The van der Waals surface area contributed by atoms with Gasteiger partial charge in [0.1, 0.15) is 0 Å². The van der Waals surface area contributed by atoms with E-state index >= 15 is 0 Å². The second kappa shape index (κ2) is 5.33. The summed E-state index contributed by atoms with van der Waals surface area (Å²) in [7, 11) is 0. The monoisotopic (exact) mass is 268 g/mol. The van der Waals surface area contributed by atoms with Gasteiger partial charge in [-0.1, -0.05) is 24.3 Å². The van der Waals surface area contributed by atoms with E-state index in [1.165, 1.54) is 42.0 Å². The van der Waals surface area contributed by atoms with Gasteiger partial charge in [0.25, 0.3) is 5.69 Å². The predicted octanol–water partition coefficient (Wildman–Crippen LogP) is 3.70. The Kier molecular flexibility index (Phi) is 3.37. The van der Waals surface area contributed by atoms with Crippen LogP contribution >= 0.6 is 0 Å². The molecule has 20 heavy (non-hydrogen) atoms. The van der Waals surface area contributed by atoms with Gasteiger partial charge in [0, 0.05) is 24.4 Å². The van der Waals surface area contributed by atoms with Crippen molar-refractivity contribution in [2.45, 2.75) is 25.8 Å². The summed E-state index contributed by atoms with van der Waals surface area (Å²) in [5.41, 5.74) is 5.02. The van der Waals surface area contributed by atoms with Gasteiger partial charge in [-0.15, -0.1) is 0 Å². The Balaban J connectivity index is 1.70. The lowest BCUT2D eigenvalue weighted by atomic mass is 10.1. The summed E-state index contributed by atoms with van der Waals surface area (Å²) in [6.45, 7) is 0.689. The van der Waals surface area contributed by atoms with Crippen molar-refractivity contribution in [3.05, 3.63) is 69.3 Å². The molecule has 0 aliphatic heterocycles. The van der Waals surface area contributed by atoms with Crippen LogP contribution < -0.4 is 5.32 Å². The van der Waals surface area contributed by atoms with Gasteiger partial charge in [-0.3, -0.25) is 10.1 Å². The van der Waals surface area contributed by atoms with Crippen LogP contribution in [0.15, 0.2) is 42.5 Å². The van der Waals surface area contributed by atoms with Gasteiger partial charge < -0.3 is 5.32 Å². The number of nitrogens with zero attached hydrogens (tertiary/aromatic N) is 1. The first-order valence-electron chi connectivity index (χ1n) is 6.81. The van der Waals surface area contributed by atoms with Crippen molar-refractivity contribution in [1.29, 1.82) is 0 Å². The molecule has 0 atom stereocenters. The second-order valence-corrected chi connectivity index (χ2v) is 5.12. The fraction of sp³-hybridized carbons (Fsp3) is 0.250. The minimum Gasteiger partial charge on any atom is -0.381 e. The van der Waals surface area contributed by atoms with Crippen LogP contribution in [0.4, 0.5) is 11.4 Å². The van der Waals surface area contributed by atoms with E-state index in [9.17, 15) is 10.1 Å². The topological polar surface area (TPSA) is 55.2 Å². The van der Waals surface area contributed by atoms with Crippen LogP contribution in [0.3, 0.4) is 0 Å². The molecule has 1 aliphatic carbocycles. The van der Waals surface area contributed by atoms with Crippen molar-refractivity contribution in [3.8, 4) is 0 Å². The van der Waals surface area contributed by atoms with Gasteiger partial charge in [-0.2, -0.15) is 0 Å². The van der Waals surface area contributed by atoms with E-state index in [4.69, 9.17) is 0 Å². The second-order valence-electron chi connectivity index (χ2n) is 5.12. The minimum atomic E-state index is -0.374. The third-order valence-electron chi connectivity index (χ3n) is 3.72. The summed E-state index contributed by atoms with van der Waals surface area (Å²) in [5, 5.41) is 14.0. The number of nitro benzene ring substituents is 1. The van der Waals surface area contributed by atoms with Crippen molar-refractivity contribution in [3.63, 3.8) is 0 Å². The van der Waals surface area contributed by atoms with Crippen molar-refractivity contribution in [2.75, 3.05) is 5.32 Å². The van der Waals surface area contributed by atoms with Crippen molar-refractivity contribution >= 4 is 11.4 Å². The standard InChI is InChI=1S/C16H16N2O2/c19-18(20)16-6-2-5-15(10-16)17-11-12-7-8-13-3-1-4-14(13)9-12/h2,5-10,17H,1,3-4,11H2. The molecule has 0 fully saturated rings. The fourth-order valence-electron chi connectivity index (χ4n) is 2.67. The Morgan fingerprint density at radius 1 is 1.10 bits per heavy atom. The molecule has 2 aromatic rings. The molecule has 0 radical (unpaired) electrons. The van der Waals surface area contributed by atoms with Crippen LogP contribution in [0.25, 0.3) is 0 Å². The SMILES string of the molecule is O=[N+]([O-])c1cccc(NCc2ccc3c(c2)CCC3)c1. The lowest BCUT2D eigenvalue weighted by Crippen LogP contribution is -2.00. The molecule has 2 aromatic carbocycles. The third kappa shape index (κ3) is 2.64. The molecule has 1 N–H and O–H groups in total. The first-order valence-corrected chi connectivity index (χ1v) is 6.81. The van der Waals surface area contributed by atoms with E-state index in [0.29, 0.717) is 6.54 Å². The lowest BCUT2D eigenvalue weighted by Gasteiger charge is -2.08. The van der Waals surface area contributed by atoms with Gasteiger partial charge in [0.05, 0.1) is 4.92 Å². The number of aryl methyl sites for hydroxylation is 2. The molecular formula is C16H16N2O2. The summed E-state index contributed by atoms with van der Waals surface area (Å²) >= 11 is 0. The van der Waals surface area contributed by atoms with Crippen LogP contribution in [-0.2, 0) is 19.4 Å². The van der Waals surface area contributed by atoms with Crippen molar-refractivity contribution in [1.82, 2.24) is 0 Å². The highest BCUT2D eigenvalue weighted by atomic mass is 16.6. The van der Waals surface area contributed by atoms with Crippen LogP contribution in [0.2, 0.25) is 0 Å². The molecule has 3 rings (SSSR count).